The minimum Gasteiger partial charge on any atom is -0.454 e. The SMILES string of the molecule is CCn1cc(Oc2ccc(CNC(C)C)c(C)c2)cn1. The van der Waals surface area contributed by atoms with Gasteiger partial charge in [0.15, 0.2) is 5.75 Å². The van der Waals surface area contributed by atoms with E-state index in [1.165, 1.54) is 11.1 Å². The first-order chi connectivity index (χ1) is 9.58. The summed E-state index contributed by atoms with van der Waals surface area (Å²) in [6.07, 6.45) is 3.65. The lowest BCUT2D eigenvalue weighted by molar-refractivity contribution is 0.480. The van der Waals surface area contributed by atoms with E-state index in [0.29, 0.717) is 6.04 Å². The lowest BCUT2D eigenvalue weighted by Gasteiger charge is -2.12. The summed E-state index contributed by atoms with van der Waals surface area (Å²) < 4.78 is 7.67. The van der Waals surface area contributed by atoms with Crippen molar-refractivity contribution >= 4 is 0 Å². The Morgan fingerprint density at radius 2 is 2.10 bits per heavy atom. The Hall–Kier alpha value is -1.81. The van der Waals surface area contributed by atoms with Crippen LogP contribution in [0.15, 0.2) is 30.6 Å². The maximum Gasteiger partial charge on any atom is 0.165 e. The molecule has 0 fully saturated rings. The van der Waals surface area contributed by atoms with Gasteiger partial charge in [0.1, 0.15) is 5.75 Å². The molecule has 1 N–H and O–H groups in total. The molecule has 0 saturated heterocycles. The molecule has 0 saturated carbocycles. The van der Waals surface area contributed by atoms with Crippen molar-refractivity contribution in [2.45, 2.75) is 46.8 Å². The van der Waals surface area contributed by atoms with Gasteiger partial charge in [0.2, 0.25) is 0 Å². The smallest absolute Gasteiger partial charge is 0.165 e. The summed E-state index contributed by atoms with van der Waals surface area (Å²) in [6.45, 7) is 10.2. The number of nitrogens with zero attached hydrogens (tertiary/aromatic N) is 2. The molecule has 1 aromatic heterocycles. The number of nitrogens with one attached hydrogen (secondary N) is 1. The minimum atomic E-state index is 0.491. The van der Waals surface area contributed by atoms with Crippen LogP contribution in [0.2, 0.25) is 0 Å². The standard InChI is InChI=1S/C16H23N3O/c1-5-19-11-16(10-18-19)20-15-7-6-14(13(4)8-15)9-17-12(2)3/h6-8,10-12,17H,5,9H2,1-4H3. The Morgan fingerprint density at radius 3 is 2.70 bits per heavy atom. The molecule has 0 aliphatic rings. The van der Waals surface area contributed by atoms with Crippen LogP contribution in [0.25, 0.3) is 0 Å². The van der Waals surface area contributed by atoms with Gasteiger partial charge in [0.05, 0.1) is 12.4 Å². The number of hydrogen-bond acceptors (Lipinski definition) is 3. The van der Waals surface area contributed by atoms with Crippen molar-refractivity contribution in [1.29, 1.82) is 0 Å². The van der Waals surface area contributed by atoms with Gasteiger partial charge in [0, 0.05) is 19.1 Å². The highest BCUT2D eigenvalue weighted by Gasteiger charge is 2.04. The van der Waals surface area contributed by atoms with Gasteiger partial charge in [0.25, 0.3) is 0 Å². The Bertz CT molecular complexity index is 561. The third-order valence-electron chi connectivity index (χ3n) is 3.18. The Labute approximate surface area is 120 Å². The van der Waals surface area contributed by atoms with Gasteiger partial charge in [-0.1, -0.05) is 19.9 Å². The Kier molecular flexibility index (Phi) is 4.79. The van der Waals surface area contributed by atoms with Crippen molar-refractivity contribution < 1.29 is 4.74 Å². The predicted molar refractivity (Wildman–Crippen MR) is 81.1 cm³/mol. The molecule has 0 unspecified atom stereocenters. The molecule has 2 rings (SSSR count). The average Bonchev–Trinajstić information content (AvgIpc) is 2.85. The van der Waals surface area contributed by atoms with E-state index < -0.39 is 0 Å². The highest BCUT2D eigenvalue weighted by atomic mass is 16.5. The second-order valence-corrected chi connectivity index (χ2v) is 5.26. The molecule has 0 aliphatic carbocycles. The second kappa shape index (κ2) is 6.57. The number of aromatic nitrogens is 2. The summed E-state index contributed by atoms with van der Waals surface area (Å²) >= 11 is 0. The van der Waals surface area contributed by atoms with E-state index in [-0.39, 0.29) is 0 Å². The van der Waals surface area contributed by atoms with Crippen LogP contribution in [0.1, 0.15) is 31.9 Å². The molecule has 2 aromatic rings. The molecule has 0 atom stereocenters. The zero-order valence-electron chi connectivity index (χ0n) is 12.7. The summed E-state index contributed by atoms with van der Waals surface area (Å²) in [4.78, 5) is 0. The molecule has 4 nitrogen and oxygen atoms in total. The minimum absolute atomic E-state index is 0.491. The Morgan fingerprint density at radius 1 is 1.30 bits per heavy atom. The summed E-state index contributed by atoms with van der Waals surface area (Å²) in [6, 6.07) is 6.68. The number of rotatable bonds is 6. The number of ether oxygens (including phenoxy) is 1. The van der Waals surface area contributed by atoms with Crippen LogP contribution in [-0.4, -0.2) is 15.8 Å². The lowest BCUT2D eigenvalue weighted by Crippen LogP contribution is -2.22. The van der Waals surface area contributed by atoms with Crippen LogP contribution < -0.4 is 10.1 Å². The molecular formula is C16H23N3O. The normalized spacial score (nSPS) is 11.1. The van der Waals surface area contributed by atoms with E-state index >= 15 is 0 Å². The van der Waals surface area contributed by atoms with Crippen molar-refractivity contribution in [1.82, 2.24) is 15.1 Å². The second-order valence-electron chi connectivity index (χ2n) is 5.26. The van der Waals surface area contributed by atoms with Crippen LogP contribution in [0, 0.1) is 6.92 Å². The summed E-state index contributed by atoms with van der Waals surface area (Å²) in [5.41, 5.74) is 2.54. The van der Waals surface area contributed by atoms with Crippen molar-refractivity contribution in [3.63, 3.8) is 0 Å². The summed E-state index contributed by atoms with van der Waals surface area (Å²) in [5.74, 6) is 1.63. The fraction of sp³-hybridized carbons (Fsp3) is 0.438. The molecule has 0 bridgehead atoms. The molecular weight excluding hydrogens is 250 g/mol. The topological polar surface area (TPSA) is 39.1 Å². The monoisotopic (exact) mass is 273 g/mol. The average molecular weight is 273 g/mol. The van der Waals surface area contributed by atoms with E-state index in [2.05, 4.69) is 50.2 Å². The van der Waals surface area contributed by atoms with Gasteiger partial charge in [-0.25, -0.2) is 0 Å². The van der Waals surface area contributed by atoms with Crippen LogP contribution in [0.4, 0.5) is 0 Å². The van der Waals surface area contributed by atoms with Gasteiger partial charge >= 0.3 is 0 Å². The highest BCUT2D eigenvalue weighted by Crippen LogP contribution is 2.23. The fourth-order valence-electron chi connectivity index (χ4n) is 1.95. The van der Waals surface area contributed by atoms with Crippen LogP contribution in [0.5, 0.6) is 11.5 Å². The molecule has 0 aliphatic heterocycles. The van der Waals surface area contributed by atoms with Crippen molar-refractivity contribution in [2.75, 3.05) is 0 Å². The first-order valence-corrected chi connectivity index (χ1v) is 7.11. The Balaban J connectivity index is 2.04. The van der Waals surface area contributed by atoms with Crippen molar-refractivity contribution in [3.05, 3.63) is 41.7 Å². The van der Waals surface area contributed by atoms with E-state index in [9.17, 15) is 0 Å². The molecule has 0 amide bonds. The van der Waals surface area contributed by atoms with Crippen LogP contribution in [0.3, 0.4) is 0 Å². The number of benzene rings is 1. The molecule has 4 heteroatoms. The van der Waals surface area contributed by atoms with Gasteiger partial charge in [-0.3, -0.25) is 4.68 Å². The summed E-state index contributed by atoms with van der Waals surface area (Å²) in [7, 11) is 0. The molecule has 108 valence electrons. The molecule has 0 spiro atoms. The first kappa shape index (κ1) is 14.6. The van der Waals surface area contributed by atoms with Gasteiger partial charge in [-0.2, -0.15) is 5.10 Å². The third kappa shape index (κ3) is 3.84. The maximum absolute atomic E-state index is 5.82. The molecule has 0 radical (unpaired) electrons. The highest BCUT2D eigenvalue weighted by molar-refractivity contribution is 5.37. The first-order valence-electron chi connectivity index (χ1n) is 7.11. The van der Waals surface area contributed by atoms with Crippen LogP contribution >= 0.6 is 0 Å². The van der Waals surface area contributed by atoms with E-state index in [1.807, 2.05) is 16.9 Å². The number of hydrogen-bond donors (Lipinski definition) is 1. The fourth-order valence-corrected chi connectivity index (χ4v) is 1.95. The zero-order chi connectivity index (χ0) is 14.5. The van der Waals surface area contributed by atoms with E-state index in [1.54, 1.807) is 6.20 Å². The molecule has 20 heavy (non-hydrogen) atoms. The van der Waals surface area contributed by atoms with Crippen molar-refractivity contribution in [3.8, 4) is 11.5 Å². The van der Waals surface area contributed by atoms with Gasteiger partial charge < -0.3 is 10.1 Å². The quantitative estimate of drug-likeness (QED) is 0.875. The maximum atomic E-state index is 5.82. The molecule has 1 aromatic carbocycles. The van der Waals surface area contributed by atoms with Crippen molar-refractivity contribution in [2.24, 2.45) is 0 Å². The van der Waals surface area contributed by atoms with Crippen LogP contribution in [-0.2, 0) is 13.1 Å². The predicted octanol–water partition coefficient (Wildman–Crippen LogP) is 3.50. The largest absolute Gasteiger partial charge is 0.454 e. The zero-order valence-corrected chi connectivity index (χ0v) is 12.7. The number of aryl methyl sites for hydroxylation is 2. The van der Waals surface area contributed by atoms with E-state index in [0.717, 1.165) is 24.6 Å². The lowest BCUT2D eigenvalue weighted by atomic mass is 10.1. The van der Waals surface area contributed by atoms with E-state index in [4.69, 9.17) is 4.74 Å². The van der Waals surface area contributed by atoms with Gasteiger partial charge in [-0.05, 0) is 37.1 Å². The summed E-state index contributed by atoms with van der Waals surface area (Å²) in [5, 5.41) is 7.63. The third-order valence-corrected chi connectivity index (χ3v) is 3.18. The molecule has 1 heterocycles. The van der Waals surface area contributed by atoms with Gasteiger partial charge in [-0.15, -0.1) is 0 Å².